The summed E-state index contributed by atoms with van der Waals surface area (Å²) in [4.78, 5) is 17.0. The maximum absolute atomic E-state index is 11.5. The largest absolute Gasteiger partial charge is 0.465 e. The van der Waals surface area contributed by atoms with Gasteiger partial charge in [0.1, 0.15) is 0 Å². The normalized spacial score (nSPS) is 11.1. The van der Waals surface area contributed by atoms with E-state index in [4.69, 9.17) is 0 Å². The number of carbonyl (C=O) groups is 1. The number of aryl methyl sites for hydroxylation is 1. The first-order valence-electron chi connectivity index (χ1n) is 8.48. The lowest BCUT2D eigenvalue weighted by molar-refractivity contribution is 0.199. The fourth-order valence-corrected chi connectivity index (χ4v) is 2.83. The summed E-state index contributed by atoms with van der Waals surface area (Å²) in [6, 6.07) is 8.09. The molecule has 26 heavy (non-hydrogen) atoms. The molecule has 0 saturated carbocycles. The van der Waals surface area contributed by atoms with E-state index in [1.807, 2.05) is 6.07 Å². The van der Waals surface area contributed by atoms with Gasteiger partial charge in [-0.1, -0.05) is 29.8 Å². The zero-order valence-corrected chi connectivity index (χ0v) is 15.0. The van der Waals surface area contributed by atoms with Crippen LogP contribution in [0, 0.1) is 6.92 Å². The van der Waals surface area contributed by atoms with Crippen LogP contribution in [0.2, 0.25) is 0 Å². The molecule has 8 heteroatoms. The lowest BCUT2D eigenvalue weighted by Gasteiger charge is -2.20. The van der Waals surface area contributed by atoms with Gasteiger partial charge in [0.2, 0.25) is 11.6 Å². The number of fused-ring (bicyclic) bond motifs is 1. The van der Waals surface area contributed by atoms with Crippen LogP contribution in [0.1, 0.15) is 25.0 Å². The predicted molar refractivity (Wildman–Crippen MR) is 99.8 cm³/mol. The van der Waals surface area contributed by atoms with Gasteiger partial charge in [-0.3, -0.25) is 4.40 Å². The van der Waals surface area contributed by atoms with Crippen molar-refractivity contribution in [2.45, 2.75) is 33.2 Å². The Labute approximate surface area is 151 Å². The van der Waals surface area contributed by atoms with Gasteiger partial charge in [0.05, 0.1) is 0 Å². The van der Waals surface area contributed by atoms with Gasteiger partial charge in [-0.25, -0.2) is 14.7 Å². The van der Waals surface area contributed by atoms with E-state index in [9.17, 15) is 9.90 Å². The molecule has 3 aromatic rings. The second-order valence-electron chi connectivity index (χ2n) is 6.38. The molecule has 0 radical (unpaired) electrons. The Morgan fingerprint density at radius 2 is 2.15 bits per heavy atom. The maximum Gasteiger partial charge on any atom is 0.414 e. The Balaban J connectivity index is 1.81. The summed E-state index contributed by atoms with van der Waals surface area (Å²) in [6.45, 7) is 6.33. The number of rotatable bonds is 6. The van der Waals surface area contributed by atoms with Crippen molar-refractivity contribution in [2.75, 3.05) is 16.8 Å². The van der Waals surface area contributed by atoms with Gasteiger partial charge in [-0.15, -0.1) is 10.2 Å². The van der Waals surface area contributed by atoms with Crippen molar-refractivity contribution in [3.8, 4) is 0 Å². The van der Waals surface area contributed by atoms with Crippen LogP contribution in [0.5, 0.6) is 0 Å². The Morgan fingerprint density at radius 3 is 2.85 bits per heavy atom. The summed E-state index contributed by atoms with van der Waals surface area (Å²) in [7, 11) is 0. The van der Waals surface area contributed by atoms with Crippen molar-refractivity contribution in [2.24, 2.45) is 0 Å². The molecule has 0 aliphatic heterocycles. The lowest BCUT2D eigenvalue weighted by Crippen LogP contribution is -2.37. The first kappa shape index (κ1) is 17.7. The minimum Gasteiger partial charge on any atom is -0.465 e. The van der Waals surface area contributed by atoms with Crippen molar-refractivity contribution in [3.63, 3.8) is 0 Å². The third-order valence-corrected chi connectivity index (χ3v) is 4.04. The summed E-state index contributed by atoms with van der Waals surface area (Å²) in [5.74, 6) is 0.833. The Kier molecular flexibility index (Phi) is 5.01. The number of carboxylic acid groups (broad SMARTS) is 1. The fraction of sp³-hybridized carbons (Fsp3) is 0.333. The molecule has 1 aromatic carbocycles. The monoisotopic (exact) mass is 354 g/mol. The first-order valence-corrected chi connectivity index (χ1v) is 8.48. The van der Waals surface area contributed by atoms with E-state index in [0.717, 1.165) is 6.42 Å². The number of amides is 1. The van der Waals surface area contributed by atoms with Gasteiger partial charge >= 0.3 is 6.09 Å². The Bertz CT molecular complexity index is 921. The molecule has 0 fully saturated rings. The van der Waals surface area contributed by atoms with Crippen LogP contribution in [-0.4, -0.2) is 43.4 Å². The molecular formula is C18H22N6O2. The molecule has 2 heterocycles. The molecule has 136 valence electrons. The molecule has 0 atom stereocenters. The van der Waals surface area contributed by atoms with E-state index >= 15 is 0 Å². The number of nitrogens with zero attached hydrogens (tertiary/aromatic N) is 5. The molecule has 2 aromatic heterocycles. The lowest BCUT2D eigenvalue weighted by atomic mass is 10.1. The highest BCUT2D eigenvalue weighted by Gasteiger charge is 2.24. The molecule has 0 aliphatic carbocycles. The van der Waals surface area contributed by atoms with Crippen molar-refractivity contribution in [1.29, 1.82) is 0 Å². The SMILES string of the molecule is Cc1cccc(CCNc2nccn3c(N(C(=O)O)C(C)C)nnc23)c1. The summed E-state index contributed by atoms with van der Waals surface area (Å²) >= 11 is 0. The summed E-state index contributed by atoms with van der Waals surface area (Å²) in [5.41, 5.74) is 2.97. The van der Waals surface area contributed by atoms with Gasteiger partial charge in [0.15, 0.2) is 5.82 Å². The minimum atomic E-state index is -1.07. The van der Waals surface area contributed by atoms with Gasteiger partial charge in [-0.2, -0.15) is 0 Å². The molecule has 3 rings (SSSR count). The smallest absolute Gasteiger partial charge is 0.414 e. The number of benzene rings is 1. The highest BCUT2D eigenvalue weighted by atomic mass is 16.4. The van der Waals surface area contributed by atoms with Gasteiger partial charge in [0, 0.05) is 25.0 Å². The molecule has 2 N–H and O–H groups in total. The van der Waals surface area contributed by atoms with Crippen LogP contribution in [0.15, 0.2) is 36.7 Å². The van der Waals surface area contributed by atoms with E-state index in [2.05, 4.69) is 45.6 Å². The standard InChI is InChI=1S/C18H22N6O2/c1-12(2)24(18(25)26)17-22-21-16-15(20-9-10-23(16)17)19-8-7-14-6-4-5-13(3)11-14/h4-6,9-12H,7-8H2,1-3H3,(H,19,20)(H,25,26). The topological polar surface area (TPSA) is 95.7 Å². The van der Waals surface area contributed by atoms with Crippen LogP contribution >= 0.6 is 0 Å². The Morgan fingerprint density at radius 1 is 1.35 bits per heavy atom. The second kappa shape index (κ2) is 7.38. The van der Waals surface area contributed by atoms with E-state index in [0.29, 0.717) is 18.0 Å². The predicted octanol–water partition coefficient (Wildman–Crippen LogP) is 2.98. The minimum absolute atomic E-state index is 0.256. The average Bonchev–Trinajstić information content (AvgIpc) is 2.99. The third kappa shape index (κ3) is 3.58. The molecule has 1 amide bonds. The summed E-state index contributed by atoms with van der Waals surface area (Å²) < 4.78 is 1.64. The van der Waals surface area contributed by atoms with Crippen molar-refractivity contribution >= 4 is 23.5 Å². The van der Waals surface area contributed by atoms with Gasteiger partial charge < -0.3 is 10.4 Å². The van der Waals surface area contributed by atoms with Crippen LogP contribution in [0.25, 0.3) is 5.65 Å². The fourth-order valence-electron chi connectivity index (χ4n) is 2.83. The Hall–Kier alpha value is -3.16. The average molecular weight is 354 g/mol. The van der Waals surface area contributed by atoms with Crippen LogP contribution < -0.4 is 10.2 Å². The molecule has 0 bridgehead atoms. The zero-order chi connectivity index (χ0) is 18.7. The maximum atomic E-state index is 11.5. The van der Waals surface area contributed by atoms with Crippen LogP contribution in [0.4, 0.5) is 16.6 Å². The van der Waals surface area contributed by atoms with Gasteiger partial charge in [0.25, 0.3) is 0 Å². The van der Waals surface area contributed by atoms with Crippen molar-refractivity contribution < 1.29 is 9.90 Å². The first-order chi connectivity index (χ1) is 12.5. The molecule has 0 spiro atoms. The van der Waals surface area contributed by atoms with Crippen LogP contribution in [0.3, 0.4) is 0 Å². The molecule has 0 unspecified atom stereocenters. The number of aromatic nitrogens is 4. The highest BCUT2D eigenvalue weighted by molar-refractivity contribution is 5.85. The van der Waals surface area contributed by atoms with Gasteiger partial charge in [-0.05, 0) is 32.8 Å². The van der Waals surface area contributed by atoms with Crippen molar-refractivity contribution in [3.05, 3.63) is 47.8 Å². The zero-order valence-electron chi connectivity index (χ0n) is 15.0. The van der Waals surface area contributed by atoms with Crippen molar-refractivity contribution in [1.82, 2.24) is 19.6 Å². The number of nitrogens with one attached hydrogen (secondary N) is 1. The van der Waals surface area contributed by atoms with E-state index in [1.54, 1.807) is 30.6 Å². The highest BCUT2D eigenvalue weighted by Crippen LogP contribution is 2.20. The molecule has 0 saturated heterocycles. The summed E-state index contributed by atoms with van der Waals surface area (Å²) in [6.07, 6.45) is 3.04. The third-order valence-electron chi connectivity index (χ3n) is 4.04. The second-order valence-corrected chi connectivity index (χ2v) is 6.38. The molecular weight excluding hydrogens is 332 g/mol. The number of hydrogen-bond acceptors (Lipinski definition) is 5. The number of anilines is 2. The number of hydrogen-bond donors (Lipinski definition) is 2. The molecule has 0 aliphatic rings. The quantitative estimate of drug-likeness (QED) is 0.706. The van der Waals surface area contributed by atoms with E-state index in [-0.39, 0.29) is 12.0 Å². The molecule has 8 nitrogen and oxygen atoms in total. The van der Waals surface area contributed by atoms with E-state index in [1.165, 1.54) is 16.0 Å². The van der Waals surface area contributed by atoms with E-state index < -0.39 is 6.09 Å². The summed E-state index contributed by atoms with van der Waals surface area (Å²) in [5, 5.41) is 20.9. The van der Waals surface area contributed by atoms with Crippen LogP contribution in [-0.2, 0) is 6.42 Å².